The lowest BCUT2D eigenvalue weighted by molar-refractivity contribution is 0.223. The number of fused-ring (bicyclic) bond motifs is 3. The summed E-state index contributed by atoms with van der Waals surface area (Å²) in [7, 11) is 0. The molecule has 0 aliphatic carbocycles. The van der Waals surface area contributed by atoms with Gasteiger partial charge in [0, 0.05) is 25.5 Å². The fraction of sp³-hybridized carbons (Fsp3) is 0.0909. The number of thiophene rings is 1. The van der Waals surface area contributed by atoms with Crippen LogP contribution in [0.1, 0.15) is 28.1 Å². The van der Waals surface area contributed by atoms with Crippen molar-refractivity contribution >= 4 is 50.5 Å². The molecular weight excluding hydrogens is 484 g/mol. The van der Waals surface area contributed by atoms with Gasteiger partial charge in [0.05, 0.1) is 5.70 Å². The highest BCUT2D eigenvalue weighted by molar-refractivity contribution is 9.10. The number of rotatable bonds is 2. The molecule has 2 aliphatic rings. The SMILES string of the molecule is Clc1ccc2c(c1)C1=C([C@H](c3cccs3)n3ncnc3N1)[C@@H](c1ccc(Br)cc1)O2. The van der Waals surface area contributed by atoms with Crippen molar-refractivity contribution in [3.05, 3.63) is 97.4 Å². The Bertz CT molecular complexity index is 1280. The van der Waals surface area contributed by atoms with Crippen LogP contribution in [0.3, 0.4) is 0 Å². The molecule has 30 heavy (non-hydrogen) atoms. The predicted octanol–water partition coefficient (Wildman–Crippen LogP) is 6.32. The fourth-order valence-corrected chi connectivity index (χ4v) is 5.34. The van der Waals surface area contributed by atoms with Gasteiger partial charge >= 0.3 is 0 Å². The van der Waals surface area contributed by atoms with Gasteiger partial charge in [0.1, 0.15) is 24.2 Å². The molecular formula is C22H14BrClN4OS. The summed E-state index contributed by atoms with van der Waals surface area (Å²) >= 11 is 11.6. The lowest BCUT2D eigenvalue weighted by Gasteiger charge is -2.38. The van der Waals surface area contributed by atoms with Gasteiger partial charge in [0.15, 0.2) is 0 Å². The van der Waals surface area contributed by atoms with Gasteiger partial charge in [-0.25, -0.2) is 4.68 Å². The summed E-state index contributed by atoms with van der Waals surface area (Å²) in [6.07, 6.45) is 1.30. The molecule has 0 radical (unpaired) electrons. The third-order valence-electron chi connectivity index (χ3n) is 5.36. The molecule has 0 saturated carbocycles. The van der Waals surface area contributed by atoms with Gasteiger partial charge in [-0.3, -0.25) is 0 Å². The number of hydrogen-bond donors (Lipinski definition) is 1. The number of hydrogen-bond acceptors (Lipinski definition) is 5. The monoisotopic (exact) mass is 496 g/mol. The van der Waals surface area contributed by atoms with Gasteiger partial charge in [-0.2, -0.15) is 10.1 Å². The Balaban J connectivity index is 1.63. The lowest BCUT2D eigenvalue weighted by atomic mass is 9.87. The van der Waals surface area contributed by atoms with E-state index in [4.69, 9.17) is 16.3 Å². The van der Waals surface area contributed by atoms with Crippen LogP contribution in [0.2, 0.25) is 5.02 Å². The highest BCUT2D eigenvalue weighted by Gasteiger charge is 2.41. The van der Waals surface area contributed by atoms with Crippen molar-refractivity contribution in [1.82, 2.24) is 14.8 Å². The van der Waals surface area contributed by atoms with Crippen molar-refractivity contribution in [2.24, 2.45) is 0 Å². The first kappa shape index (κ1) is 18.2. The Hall–Kier alpha value is -2.61. The Morgan fingerprint density at radius 3 is 2.80 bits per heavy atom. The number of ether oxygens (including phenoxy) is 1. The average Bonchev–Trinajstić information content (AvgIpc) is 3.44. The van der Waals surface area contributed by atoms with Crippen LogP contribution in [0.25, 0.3) is 5.70 Å². The zero-order chi connectivity index (χ0) is 20.2. The average molecular weight is 498 g/mol. The summed E-state index contributed by atoms with van der Waals surface area (Å²) in [4.78, 5) is 5.62. The summed E-state index contributed by atoms with van der Waals surface area (Å²) in [5, 5.41) is 10.8. The van der Waals surface area contributed by atoms with E-state index in [1.165, 1.54) is 4.88 Å². The minimum atomic E-state index is -0.279. The van der Waals surface area contributed by atoms with Crippen molar-refractivity contribution in [2.45, 2.75) is 12.1 Å². The minimum absolute atomic E-state index is 0.125. The van der Waals surface area contributed by atoms with Crippen molar-refractivity contribution in [1.29, 1.82) is 0 Å². The van der Waals surface area contributed by atoms with Crippen molar-refractivity contribution in [3.63, 3.8) is 0 Å². The van der Waals surface area contributed by atoms with Crippen molar-refractivity contribution in [2.75, 3.05) is 5.32 Å². The Kier molecular flexibility index (Phi) is 4.23. The maximum atomic E-state index is 6.57. The van der Waals surface area contributed by atoms with Gasteiger partial charge < -0.3 is 10.1 Å². The van der Waals surface area contributed by atoms with E-state index in [0.29, 0.717) is 11.0 Å². The first-order valence-corrected chi connectivity index (χ1v) is 11.4. The molecule has 0 fully saturated rings. The lowest BCUT2D eigenvalue weighted by Crippen LogP contribution is -2.32. The number of aromatic nitrogens is 3. The smallest absolute Gasteiger partial charge is 0.226 e. The number of halogens is 2. The molecule has 0 amide bonds. The molecule has 2 aromatic carbocycles. The van der Waals surface area contributed by atoms with E-state index in [2.05, 4.69) is 61.0 Å². The van der Waals surface area contributed by atoms with E-state index in [1.807, 2.05) is 35.0 Å². The van der Waals surface area contributed by atoms with E-state index in [1.54, 1.807) is 17.7 Å². The van der Waals surface area contributed by atoms with Crippen molar-refractivity contribution in [3.8, 4) is 5.75 Å². The normalized spacial score (nSPS) is 19.4. The van der Waals surface area contributed by atoms with Gasteiger partial charge in [-0.15, -0.1) is 11.3 Å². The predicted molar refractivity (Wildman–Crippen MR) is 122 cm³/mol. The van der Waals surface area contributed by atoms with E-state index in [0.717, 1.165) is 32.6 Å². The maximum Gasteiger partial charge on any atom is 0.226 e. The first-order valence-electron chi connectivity index (χ1n) is 9.35. The van der Waals surface area contributed by atoms with Crippen LogP contribution < -0.4 is 10.1 Å². The summed E-state index contributed by atoms with van der Waals surface area (Å²) in [5.74, 6) is 1.49. The van der Waals surface area contributed by atoms with Crippen LogP contribution >= 0.6 is 38.9 Å². The second-order valence-corrected chi connectivity index (χ2v) is 9.42. The highest BCUT2D eigenvalue weighted by Crippen LogP contribution is 2.51. The maximum absolute atomic E-state index is 6.57. The third kappa shape index (κ3) is 2.80. The standard InChI is InChI=1S/C22H14BrClN4OS/c23-13-5-3-12(4-6-13)21-18-19(15-10-14(24)7-8-16(15)29-21)27-22-25-11-26-28(22)20(18)17-2-1-9-30-17/h1-11,20-21H,(H,25,26,27)/t20-,21+/m0/s1. The zero-order valence-corrected chi connectivity index (χ0v) is 18.6. The number of nitrogens with zero attached hydrogens (tertiary/aromatic N) is 3. The van der Waals surface area contributed by atoms with Crippen LogP contribution in [0, 0.1) is 0 Å². The molecule has 4 heterocycles. The van der Waals surface area contributed by atoms with Gasteiger partial charge in [-0.1, -0.05) is 45.7 Å². The minimum Gasteiger partial charge on any atom is -0.480 e. The fourth-order valence-electron chi connectivity index (χ4n) is 4.07. The summed E-state index contributed by atoms with van der Waals surface area (Å²) in [6.45, 7) is 0. The topological polar surface area (TPSA) is 52.0 Å². The Morgan fingerprint density at radius 2 is 2.00 bits per heavy atom. The molecule has 148 valence electrons. The molecule has 0 saturated heterocycles. The quantitative estimate of drug-likeness (QED) is 0.352. The van der Waals surface area contributed by atoms with Crippen LogP contribution in [0.15, 0.2) is 76.4 Å². The molecule has 1 N–H and O–H groups in total. The number of nitrogens with one attached hydrogen (secondary N) is 1. The summed E-state index contributed by atoms with van der Waals surface area (Å²) in [6, 6.07) is 18.0. The summed E-state index contributed by atoms with van der Waals surface area (Å²) < 4.78 is 9.53. The van der Waals surface area contributed by atoms with Crippen molar-refractivity contribution < 1.29 is 4.74 Å². The molecule has 8 heteroatoms. The van der Waals surface area contributed by atoms with Gasteiger partial charge in [0.25, 0.3) is 0 Å². The van der Waals surface area contributed by atoms with Crippen LogP contribution in [0.4, 0.5) is 5.95 Å². The summed E-state index contributed by atoms with van der Waals surface area (Å²) in [5.41, 5.74) is 4.07. The first-order chi connectivity index (χ1) is 14.7. The second kappa shape index (κ2) is 6.97. The Morgan fingerprint density at radius 1 is 1.13 bits per heavy atom. The van der Waals surface area contributed by atoms with Gasteiger partial charge in [0.2, 0.25) is 5.95 Å². The molecule has 0 spiro atoms. The van der Waals surface area contributed by atoms with Gasteiger partial charge in [-0.05, 0) is 47.3 Å². The second-order valence-electron chi connectivity index (χ2n) is 7.09. The van der Waals surface area contributed by atoms with E-state index >= 15 is 0 Å². The van der Waals surface area contributed by atoms with E-state index < -0.39 is 0 Å². The van der Waals surface area contributed by atoms with Crippen LogP contribution in [-0.4, -0.2) is 14.8 Å². The highest BCUT2D eigenvalue weighted by atomic mass is 79.9. The molecule has 0 unspecified atom stereocenters. The number of anilines is 1. The molecule has 2 aliphatic heterocycles. The van der Waals surface area contributed by atoms with Crippen LogP contribution in [-0.2, 0) is 0 Å². The largest absolute Gasteiger partial charge is 0.480 e. The molecule has 5 nitrogen and oxygen atoms in total. The zero-order valence-electron chi connectivity index (χ0n) is 15.4. The molecule has 4 aromatic rings. The van der Waals surface area contributed by atoms with Crippen LogP contribution in [0.5, 0.6) is 5.75 Å². The Labute approximate surface area is 190 Å². The van der Waals surface area contributed by atoms with E-state index in [-0.39, 0.29) is 12.1 Å². The molecule has 6 rings (SSSR count). The molecule has 2 aromatic heterocycles. The van der Waals surface area contributed by atoms with E-state index in [9.17, 15) is 0 Å². The number of benzene rings is 2. The molecule has 2 atom stereocenters. The third-order valence-corrected chi connectivity index (χ3v) is 7.05. The molecule has 0 bridgehead atoms.